The Morgan fingerprint density at radius 2 is 2.19 bits per heavy atom. The Labute approximate surface area is 122 Å². The molecule has 8 heteroatoms. The second-order valence-corrected chi connectivity index (χ2v) is 4.87. The average molecular weight is 316 g/mol. The van der Waals surface area contributed by atoms with Crippen LogP contribution in [-0.2, 0) is 11.0 Å². The zero-order valence-electron chi connectivity index (χ0n) is 10.9. The Hall–Kier alpha value is -2.09. The van der Waals surface area contributed by atoms with Gasteiger partial charge in [-0.25, -0.2) is 4.98 Å². The van der Waals surface area contributed by atoms with Crippen molar-refractivity contribution in [2.75, 3.05) is 5.32 Å². The van der Waals surface area contributed by atoms with Crippen molar-refractivity contribution in [2.45, 2.75) is 19.5 Å². The summed E-state index contributed by atoms with van der Waals surface area (Å²) >= 11 is 0.846. The van der Waals surface area contributed by atoms with Crippen LogP contribution in [0.1, 0.15) is 19.0 Å². The van der Waals surface area contributed by atoms with Gasteiger partial charge in [0.15, 0.2) is 10.8 Å². The lowest BCUT2D eigenvalue weighted by Crippen LogP contribution is -2.06. The van der Waals surface area contributed by atoms with E-state index in [1.165, 1.54) is 6.07 Å². The number of ether oxygens (including phenoxy) is 1. The van der Waals surface area contributed by atoms with Crippen LogP contribution in [0.15, 0.2) is 29.6 Å². The number of anilines is 2. The molecular weight excluding hydrogens is 305 g/mol. The van der Waals surface area contributed by atoms with Crippen molar-refractivity contribution in [3.8, 4) is 5.75 Å². The molecule has 0 saturated heterocycles. The number of rotatable bonds is 4. The largest absolute Gasteiger partial charge is 0.434 e. The van der Waals surface area contributed by atoms with E-state index in [1.54, 1.807) is 25.1 Å². The van der Waals surface area contributed by atoms with Gasteiger partial charge in [-0.15, -0.1) is 11.3 Å². The number of carbonyl (C=O) groups excluding carboxylic acids is 1. The van der Waals surface area contributed by atoms with Crippen molar-refractivity contribution in [1.82, 2.24) is 4.98 Å². The third kappa shape index (κ3) is 4.19. The van der Waals surface area contributed by atoms with Gasteiger partial charge in [-0.3, -0.25) is 4.79 Å². The van der Waals surface area contributed by atoms with E-state index in [0.717, 1.165) is 16.7 Å². The summed E-state index contributed by atoms with van der Waals surface area (Å²) in [5.74, 6) is -0.0693. The smallest absolute Gasteiger partial charge is 0.426 e. The van der Waals surface area contributed by atoms with Gasteiger partial charge in [0.1, 0.15) is 5.75 Å². The molecule has 1 heterocycles. The van der Waals surface area contributed by atoms with Gasteiger partial charge < -0.3 is 10.1 Å². The van der Waals surface area contributed by atoms with Gasteiger partial charge in [0.2, 0.25) is 0 Å². The van der Waals surface area contributed by atoms with Crippen molar-refractivity contribution in [3.63, 3.8) is 0 Å². The highest BCUT2D eigenvalue weighted by molar-refractivity contribution is 7.13. The van der Waals surface area contributed by atoms with Gasteiger partial charge >= 0.3 is 12.1 Å². The first-order chi connectivity index (χ1) is 9.88. The van der Waals surface area contributed by atoms with E-state index in [2.05, 4.69) is 10.3 Å². The summed E-state index contributed by atoms with van der Waals surface area (Å²) in [5.41, 5.74) is -0.456. The van der Waals surface area contributed by atoms with E-state index >= 15 is 0 Å². The highest BCUT2D eigenvalue weighted by Gasteiger charge is 2.33. The van der Waals surface area contributed by atoms with Crippen LogP contribution in [0.3, 0.4) is 0 Å². The van der Waals surface area contributed by atoms with E-state index in [0.29, 0.717) is 11.4 Å². The van der Waals surface area contributed by atoms with Gasteiger partial charge in [-0.1, -0.05) is 13.0 Å². The Balaban J connectivity index is 2.11. The molecule has 0 radical (unpaired) electrons. The first-order valence-corrected chi connectivity index (χ1v) is 6.87. The van der Waals surface area contributed by atoms with Crippen LogP contribution in [0.5, 0.6) is 5.75 Å². The maximum Gasteiger partial charge on any atom is 0.434 e. The minimum Gasteiger partial charge on any atom is -0.426 e. The van der Waals surface area contributed by atoms with Gasteiger partial charge in [0, 0.05) is 23.6 Å². The maximum absolute atomic E-state index is 12.4. The van der Waals surface area contributed by atoms with Crippen LogP contribution in [0.4, 0.5) is 24.0 Å². The van der Waals surface area contributed by atoms with Crippen LogP contribution < -0.4 is 10.1 Å². The zero-order chi connectivity index (χ0) is 15.5. The van der Waals surface area contributed by atoms with E-state index in [1.807, 2.05) is 0 Å². The summed E-state index contributed by atoms with van der Waals surface area (Å²) in [6.45, 7) is 1.67. The van der Waals surface area contributed by atoms with E-state index < -0.39 is 11.9 Å². The van der Waals surface area contributed by atoms with E-state index in [4.69, 9.17) is 4.74 Å². The third-order valence-corrected chi connectivity index (χ3v) is 3.16. The van der Waals surface area contributed by atoms with Crippen molar-refractivity contribution in [2.24, 2.45) is 0 Å². The predicted octanol–water partition coefficient (Wildman–Crippen LogP) is 4.22. The average Bonchev–Trinajstić information content (AvgIpc) is 2.87. The highest BCUT2D eigenvalue weighted by Crippen LogP contribution is 2.33. The molecule has 2 aromatic rings. The molecule has 1 N–H and O–H groups in total. The quantitative estimate of drug-likeness (QED) is 0.678. The number of benzene rings is 1. The second kappa shape index (κ2) is 6.13. The molecule has 0 spiro atoms. The normalized spacial score (nSPS) is 11.2. The summed E-state index contributed by atoms with van der Waals surface area (Å²) in [6.07, 6.45) is -4.23. The van der Waals surface area contributed by atoms with Crippen molar-refractivity contribution in [1.29, 1.82) is 0 Å². The van der Waals surface area contributed by atoms with Crippen LogP contribution in [-0.4, -0.2) is 11.0 Å². The number of alkyl halides is 3. The molecule has 0 atom stereocenters. The molecule has 0 aliphatic carbocycles. The van der Waals surface area contributed by atoms with Crippen molar-refractivity contribution in [3.05, 3.63) is 35.3 Å². The van der Waals surface area contributed by atoms with Gasteiger partial charge in [-0.05, 0) is 12.1 Å². The minimum absolute atomic E-state index is 0.112. The number of thiazole rings is 1. The van der Waals surface area contributed by atoms with Gasteiger partial charge in [-0.2, -0.15) is 13.2 Å². The van der Waals surface area contributed by atoms with Crippen molar-refractivity contribution >= 4 is 28.1 Å². The van der Waals surface area contributed by atoms with E-state index in [-0.39, 0.29) is 17.5 Å². The lowest BCUT2D eigenvalue weighted by atomic mass is 10.3. The Kier molecular flexibility index (Phi) is 4.46. The number of carbonyl (C=O) groups is 1. The SMILES string of the molecule is CCC(=O)Oc1cccc(Nc2nc(C(F)(F)F)cs2)c1. The second-order valence-electron chi connectivity index (χ2n) is 4.02. The lowest BCUT2D eigenvalue weighted by Gasteiger charge is -2.06. The number of nitrogens with zero attached hydrogens (tertiary/aromatic N) is 1. The maximum atomic E-state index is 12.4. The molecule has 1 aromatic carbocycles. The number of esters is 1. The third-order valence-electron chi connectivity index (χ3n) is 2.40. The topological polar surface area (TPSA) is 51.2 Å². The number of aromatic nitrogens is 1. The summed E-state index contributed by atoms with van der Waals surface area (Å²) in [5, 5.41) is 3.79. The molecule has 0 aliphatic heterocycles. The minimum atomic E-state index is -4.46. The summed E-state index contributed by atoms with van der Waals surface area (Å²) in [4.78, 5) is 14.6. The predicted molar refractivity (Wildman–Crippen MR) is 72.8 cm³/mol. The van der Waals surface area contributed by atoms with Gasteiger partial charge in [0.05, 0.1) is 0 Å². The highest BCUT2D eigenvalue weighted by atomic mass is 32.1. The molecule has 0 amide bonds. The van der Waals surface area contributed by atoms with Crippen LogP contribution >= 0.6 is 11.3 Å². The Bertz CT molecular complexity index is 640. The zero-order valence-corrected chi connectivity index (χ0v) is 11.7. The Morgan fingerprint density at radius 3 is 2.81 bits per heavy atom. The van der Waals surface area contributed by atoms with Crippen LogP contribution in [0.25, 0.3) is 0 Å². The number of halogens is 3. The lowest BCUT2D eigenvalue weighted by molar-refractivity contribution is -0.140. The first-order valence-electron chi connectivity index (χ1n) is 5.99. The molecule has 0 saturated carbocycles. The fourth-order valence-electron chi connectivity index (χ4n) is 1.43. The van der Waals surface area contributed by atoms with E-state index in [9.17, 15) is 18.0 Å². The molecule has 0 unspecified atom stereocenters. The van der Waals surface area contributed by atoms with Crippen molar-refractivity contribution < 1.29 is 22.7 Å². The molecule has 4 nitrogen and oxygen atoms in total. The monoisotopic (exact) mass is 316 g/mol. The fraction of sp³-hybridized carbons (Fsp3) is 0.231. The first kappa shape index (κ1) is 15.3. The van der Waals surface area contributed by atoms with Crippen LogP contribution in [0.2, 0.25) is 0 Å². The molecule has 2 rings (SSSR count). The molecule has 21 heavy (non-hydrogen) atoms. The molecule has 0 fully saturated rings. The molecule has 112 valence electrons. The molecular formula is C13H11F3N2O2S. The summed E-state index contributed by atoms with van der Waals surface area (Å²) in [7, 11) is 0. The number of hydrogen-bond acceptors (Lipinski definition) is 5. The van der Waals surface area contributed by atoms with Crippen LogP contribution in [0, 0.1) is 0 Å². The molecule has 0 aliphatic rings. The fourth-order valence-corrected chi connectivity index (χ4v) is 2.16. The number of hydrogen-bond donors (Lipinski definition) is 1. The summed E-state index contributed by atoms with van der Waals surface area (Å²) < 4.78 is 42.4. The number of nitrogens with one attached hydrogen (secondary N) is 1. The standard InChI is InChI=1S/C13H11F3N2O2S/c1-2-11(19)20-9-5-3-4-8(6-9)17-12-18-10(7-21-12)13(14,15)16/h3-7H,2H2,1H3,(H,17,18). The molecule has 1 aromatic heterocycles. The Morgan fingerprint density at radius 1 is 1.43 bits per heavy atom. The van der Waals surface area contributed by atoms with Gasteiger partial charge in [0.25, 0.3) is 0 Å². The summed E-state index contributed by atoms with van der Waals surface area (Å²) in [6, 6.07) is 6.36. The molecule has 0 bridgehead atoms.